The van der Waals surface area contributed by atoms with Crippen LogP contribution < -0.4 is 10.1 Å². The minimum absolute atomic E-state index is 0.277. The fraction of sp³-hybridized carbons (Fsp3) is 0.429. The zero-order chi connectivity index (χ0) is 18.5. The van der Waals surface area contributed by atoms with Crippen molar-refractivity contribution in [1.29, 1.82) is 0 Å². The van der Waals surface area contributed by atoms with Crippen molar-refractivity contribution < 1.29 is 14.3 Å². The molecule has 1 amide bonds. The van der Waals surface area contributed by atoms with Gasteiger partial charge in [0.1, 0.15) is 18.0 Å². The lowest BCUT2D eigenvalue weighted by molar-refractivity contribution is 0.0443. The van der Waals surface area contributed by atoms with Gasteiger partial charge in [0.2, 0.25) is 0 Å². The highest BCUT2D eigenvalue weighted by molar-refractivity contribution is 5.70. The van der Waals surface area contributed by atoms with E-state index in [-0.39, 0.29) is 11.7 Å². The van der Waals surface area contributed by atoms with E-state index in [4.69, 9.17) is 9.47 Å². The molecule has 1 aromatic heterocycles. The topological polar surface area (TPSA) is 63.7 Å². The second kappa shape index (κ2) is 7.96. The maximum absolute atomic E-state index is 11.4. The molecule has 142 valence electrons. The summed E-state index contributed by atoms with van der Waals surface area (Å²) in [5.74, 6) is 0.860. The zero-order valence-electron chi connectivity index (χ0n) is 15.4. The molecule has 0 radical (unpaired) electrons. The van der Waals surface area contributed by atoms with E-state index in [9.17, 15) is 4.79 Å². The lowest BCUT2D eigenvalue weighted by atomic mass is 9.95. The highest BCUT2D eigenvalue weighted by Crippen LogP contribution is 2.30. The summed E-state index contributed by atoms with van der Waals surface area (Å²) >= 11 is 0. The normalized spacial score (nSPS) is 22.9. The fourth-order valence-corrected chi connectivity index (χ4v) is 3.80. The lowest BCUT2D eigenvalue weighted by Crippen LogP contribution is -2.34. The largest absolute Gasteiger partial charge is 0.487 e. The van der Waals surface area contributed by atoms with Crippen LogP contribution >= 0.6 is 0 Å². The predicted octanol–water partition coefficient (Wildman–Crippen LogP) is 3.13. The smallest absolute Gasteiger partial charge is 0.407 e. The van der Waals surface area contributed by atoms with Crippen LogP contribution in [0.5, 0.6) is 5.75 Å². The third kappa shape index (κ3) is 4.57. The molecule has 1 aromatic carbocycles. The van der Waals surface area contributed by atoms with Gasteiger partial charge in [-0.05, 0) is 49.2 Å². The van der Waals surface area contributed by atoms with Crippen molar-refractivity contribution in [2.75, 3.05) is 19.6 Å². The summed E-state index contributed by atoms with van der Waals surface area (Å²) < 4.78 is 11.4. The fourth-order valence-electron chi connectivity index (χ4n) is 3.80. The molecule has 1 N–H and O–H groups in total. The van der Waals surface area contributed by atoms with Crippen LogP contribution in [0.2, 0.25) is 0 Å². The maximum atomic E-state index is 11.4. The van der Waals surface area contributed by atoms with Crippen LogP contribution in [0.15, 0.2) is 48.7 Å². The molecule has 0 aliphatic carbocycles. The van der Waals surface area contributed by atoms with Crippen molar-refractivity contribution in [3.63, 3.8) is 0 Å². The van der Waals surface area contributed by atoms with Crippen LogP contribution in [0.4, 0.5) is 4.79 Å². The van der Waals surface area contributed by atoms with Crippen LogP contribution in [0.25, 0.3) is 0 Å². The number of hydrogen-bond donors (Lipinski definition) is 1. The molecule has 2 aliphatic heterocycles. The second-order valence-electron chi connectivity index (χ2n) is 7.31. The second-order valence-corrected chi connectivity index (χ2v) is 7.31. The van der Waals surface area contributed by atoms with Gasteiger partial charge in [-0.1, -0.05) is 18.2 Å². The van der Waals surface area contributed by atoms with Crippen molar-refractivity contribution in [3.05, 3.63) is 59.9 Å². The number of hydrogen-bond acceptors (Lipinski definition) is 5. The summed E-state index contributed by atoms with van der Waals surface area (Å²) in [6.07, 6.45) is 4.33. The van der Waals surface area contributed by atoms with Gasteiger partial charge in [0.25, 0.3) is 0 Å². The highest BCUT2D eigenvalue weighted by atomic mass is 16.6. The van der Waals surface area contributed by atoms with Crippen LogP contribution in [-0.2, 0) is 17.9 Å². The van der Waals surface area contributed by atoms with Crippen LogP contribution in [0.1, 0.15) is 30.5 Å². The van der Waals surface area contributed by atoms with E-state index in [1.54, 1.807) is 6.20 Å². The molecule has 1 spiro atoms. The first-order chi connectivity index (χ1) is 13.2. The van der Waals surface area contributed by atoms with Gasteiger partial charge in [0.05, 0.1) is 12.2 Å². The van der Waals surface area contributed by atoms with Gasteiger partial charge in [-0.25, -0.2) is 4.79 Å². The van der Waals surface area contributed by atoms with E-state index in [0.717, 1.165) is 50.3 Å². The third-order valence-electron chi connectivity index (χ3n) is 5.27. The monoisotopic (exact) mass is 367 g/mol. The zero-order valence-corrected chi connectivity index (χ0v) is 15.4. The molecule has 4 rings (SSSR count). The Morgan fingerprint density at radius 1 is 1.19 bits per heavy atom. The minimum atomic E-state index is -0.306. The number of ether oxygens (including phenoxy) is 2. The molecule has 0 saturated carbocycles. The van der Waals surface area contributed by atoms with Gasteiger partial charge >= 0.3 is 6.09 Å². The van der Waals surface area contributed by atoms with E-state index in [2.05, 4.69) is 27.3 Å². The molecular weight excluding hydrogens is 342 g/mol. The molecule has 3 heterocycles. The summed E-state index contributed by atoms with van der Waals surface area (Å²) in [4.78, 5) is 18.2. The average Bonchev–Trinajstić information content (AvgIpc) is 2.95. The molecule has 2 saturated heterocycles. The number of rotatable bonds is 5. The Labute approximate surface area is 159 Å². The van der Waals surface area contributed by atoms with Gasteiger partial charge in [-0.15, -0.1) is 0 Å². The van der Waals surface area contributed by atoms with Crippen molar-refractivity contribution in [3.8, 4) is 5.75 Å². The molecule has 1 unspecified atom stereocenters. The summed E-state index contributed by atoms with van der Waals surface area (Å²) in [5, 5.41) is 2.81. The SMILES string of the molecule is O=C1NCC2(CCCN(Cc3cccc(OCc4ccccn4)c3)CC2)O1. The number of alkyl carbamates (subject to hydrolysis) is 1. The minimum Gasteiger partial charge on any atom is -0.487 e. The predicted molar refractivity (Wildman–Crippen MR) is 101 cm³/mol. The van der Waals surface area contributed by atoms with E-state index in [1.807, 2.05) is 30.3 Å². The molecular formula is C21H25N3O3. The van der Waals surface area contributed by atoms with E-state index >= 15 is 0 Å². The van der Waals surface area contributed by atoms with Gasteiger partial charge in [0.15, 0.2) is 0 Å². The number of likely N-dealkylation sites (tertiary alicyclic amines) is 1. The first kappa shape index (κ1) is 17.8. The summed E-state index contributed by atoms with van der Waals surface area (Å²) in [6, 6.07) is 14.1. The number of nitrogens with zero attached hydrogens (tertiary/aromatic N) is 2. The number of carbonyl (C=O) groups is 1. The summed E-state index contributed by atoms with van der Waals surface area (Å²) in [5.41, 5.74) is 1.84. The van der Waals surface area contributed by atoms with Gasteiger partial charge < -0.3 is 14.8 Å². The molecule has 2 fully saturated rings. The van der Waals surface area contributed by atoms with Crippen LogP contribution in [0, 0.1) is 0 Å². The van der Waals surface area contributed by atoms with Crippen molar-refractivity contribution in [1.82, 2.24) is 15.2 Å². The van der Waals surface area contributed by atoms with E-state index < -0.39 is 0 Å². The molecule has 27 heavy (non-hydrogen) atoms. The van der Waals surface area contributed by atoms with Gasteiger partial charge in [-0.3, -0.25) is 9.88 Å². The van der Waals surface area contributed by atoms with Gasteiger partial charge in [-0.2, -0.15) is 0 Å². The van der Waals surface area contributed by atoms with Crippen molar-refractivity contribution in [2.45, 2.75) is 38.0 Å². The molecule has 6 heteroatoms. The Bertz CT molecular complexity index is 783. The Kier molecular flexibility index (Phi) is 5.25. The van der Waals surface area contributed by atoms with Crippen LogP contribution in [-0.4, -0.2) is 41.2 Å². The number of pyridine rings is 1. The highest BCUT2D eigenvalue weighted by Gasteiger charge is 2.41. The quantitative estimate of drug-likeness (QED) is 0.880. The standard InChI is InChI=1S/C21H25N3O3/c25-20-23-16-21(27-20)8-4-11-24(12-9-21)14-17-5-3-7-19(13-17)26-15-18-6-1-2-10-22-18/h1-3,5-7,10,13H,4,8-9,11-12,14-16H2,(H,23,25). The number of nitrogens with one attached hydrogen (secondary N) is 1. The number of aromatic nitrogens is 1. The van der Waals surface area contributed by atoms with E-state index in [0.29, 0.717) is 13.2 Å². The maximum Gasteiger partial charge on any atom is 0.407 e. The first-order valence-electron chi connectivity index (χ1n) is 9.52. The Morgan fingerprint density at radius 2 is 2.15 bits per heavy atom. The summed E-state index contributed by atoms with van der Waals surface area (Å²) in [7, 11) is 0. The first-order valence-corrected chi connectivity index (χ1v) is 9.52. The molecule has 0 bridgehead atoms. The Balaban J connectivity index is 1.33. The number of amides is 1. The summed E-state index contributed by atoms with van der Waals surface area (Å²) in [6.45, 7) is 3.91. The Hall–Kier alpha value is -2.60. The molecule has 6 nitrogen and oxygen atoms in total. The van der Waals surface area contributed by atoms with Crippen molar-refractivity contribution >= 4 is 6.09 Å². The lowest BCUT2D eigenvalue weighted by Gasteiger charge is -2.25. The molecule has 2 aliphatic rings. The number of benzene rings is 1. The van der Waals surface area contributed by atoms with Crippen LogP contribution in [0.3, 0.4) is 0 Å². The molecule has 2 aromatic rings. The third-order valence-corrected chi connectivity index (χ3v) is 5.27. The van der Waals surface area contributed by atoms with E-state index in [1.165, 1.54) is 5.56 Å². The number of carbonyl (C=O) groups excluding carboxylic acids is 1. The molecule has 1 atom stereocenters. The average molecular weight is 367 g/mol. The van der Waals surface area contributed by atoms with Crippen molar-refractivity contribution in [2.24, 2.45) is 0 Å². The van der Waals surface area contributed by atoms with Gasteiger partial charge in [0, 0.05) is 25.7 Å². The Morgan fingerprint density at radius 3 is 2.96 bits per heavy atom.